The van der Waals surface area contributed by atoms with E-state index in [0.29, 0.717) is 24.2 Å². The molecular formula is C53H79N5O8. The standard InChI is InChI=1S/C41H49N5O8.C6H12.3C2H6/c1-4-13-33(39(51)41(53)43-24-36(49)45-38(27(2)47)29-17-9-6-10-18-29)44-40(52)34-23-30-20-21-32(54-3)22-31(30)26-46(34)37(50)25-42-35(48)19-12-11-16-28-14-7-5-8-15-28;1-2-4-6-5-3-1;3*1-2/h5-10,14-15,17-18,20-22,33-34,38H,4,11-13,16,19,23-26H2,1-3H3,(H,42,48)(H,43,53)(H,44,52)(H,45,49);1-6H2;3*1-2H3. The Hall–Kier alpha value is -5.85. The van der Waals surface area contributed by atoms with Gasteiger partial charge in [-0.1, -0.05) is 160 Å². The Labute approximate surface area is 395 Å². The first kappa shape index (κ1) is 58.2. The number of amides is 5. The first-order chi connectivity index (χ1) is 32.0. The quantitative estimate of drug-likeness (QED) is 0.0685. The van der Waals surface area contributed by atoms with E-state index in [4.69, 9.17) is 4.74 Å². The van der Waals surface area contributed by atoms with Crippen molar-refractivity contribution >= 4 is 41.1 Å². The molecule has 66 heavy (non-hydrogen) atoms. The van der Waals surface area contributed by atoms with E-state index in [0.717, 1.165) is 24.0 Å². The molecule has 5 rings (SSSR count). The first-order valence-corrected chi connectivity index (χ1v) is 24.2. The predicted molar refractivity (Wildman–Crippen MR) is 263 cm³/mol. The number of fused-ring (bicyclic) bond motifs is 1. The van der Waals surface area contributed by atoms with Gasteiger partial charge in [0.25, 0.3) is 5.91 Å². The van der Waals surface area contributed by atoms with Crippen molar-refractivity contribution in [2.75, 3.05) is 20.2 Å². The molecule has 1 aliphatic heterocycles. The molecular weight excluding hydrogens is 835 g/mol. The lowest BCUT2D eigenvalue weighted by Crippen LogP contribution is -2.58. The highest BCUT2D eigenvalue weighted by atomic mass is 16.5. The molecule has 0 aromatic heterocycles. The molecule has 1 saturated carbocycles. The van der Waals surface area contributed by atoms with Gasteiger partial charge in [0.05, 0.1) is 26.2 Å². The van der Waals surface area contributed by atoms with E-state index in [9.17, 15) is 33.6 Å². The predicted octanol–water partition coefficient (Wildman–Crippen LogP) is 8.31. The number of hydrogen-bond acceptors (Lipinski definition) is 8. The minimum absolute atomic E-state index is 0.0582. The van der Waals surface area contributed by atoms with Crippen molar-refractivity contribution in [3.63, 3.8) is 0 Å². The van der Waals surface area contributed by atoms with E-state index >= 15 is 0 Å². The zero-order valence-electron chi connectivity index (χ0n) is 41.3. The Morgan fingerprint density at radius 3 is 1.85 bits per heavy atom. The monoisotopic (exact) mass is 914 g/mol. The second-order valence-electron chi connectivity index (χ2n) is 15.4. The Balaban J connectivity index is 0.00000162. The van der Waals surface area contributed by atoms with Gasteiger partial charge in [-0.15, -0.1) is 0 Å². The van der Waals surface area contributed by atoms with E-state index in [2.05, 4.69) is 21.3 Å². The van der Waals surface area contributed by atoms with Gasteiger partial charge in [-0.05, 0) is 67.0 Å². The number of hydrogen-bond donors (Lipinski definition) is 4. The maximum absolute atomic E-state index is 13.9. The van der Waals surface area contributed by atoms with E-state index in [1.165, 1.54) is 63.0 Å². The fourth-order valence-corrected chi connectivity index (χ4v) is 7.38. The SMILES string of the molecule is C1CCCCC1.CC.CC.CC.CCCC(NC(=O)C1Cc2ccc(OC)cc2CN1C(=O)CNC(=O)CCCCc1ccccc1)C(=O)C(=O)NCC(=O)NC(C(C)=O)c1ccccc1. The molecule has 0 saturated heterocycles. The van der Waals surface area contributed by atoms with Crippen molar-refractivity contribution in [2.45, 2.75) is 164 Å². The van der Waals surface area contributed by atoms with E-state index in [1.54, 1.807) is 49.4 Å². The molecule has 0 spiro atoms. The van der Waals surface area contributed by atoms with Gasteiger partial charge in [0.15, 0.2) is 5.78 Å². The van der Waals surface area contributed by atoms with E-state index in [1.807, 2.05) is 77.9 Å². The van der Waals surface area contributed by atoms with Gasteiger partial charge in [0, 0.05) is 19.4 Å². The number of nitrogens with zero attached hydrogens (tertiary/aromatic N) is 1. The summed E-state index contributed by atoms with van der Waals surface area (Å²) in [5, 5.41) is 10.2. The number of carbonyl (C=O) groups is 7. The molecule has 5 amide bonds. The molecule has 13 heteroatoms. The minimum atomic E-state index is -1.23. The first-order valence-electron chi connectivity index (χ1n) is 24.2. The lowest BCUT2D eigenvalue weighted by molar-refractivity contribution is -0.144. The largest absolute Gasteiger partial charge is 0.497 e. The van der Waals surface area contributed by atoms with Gasteiger partial charge in [-0.2, -0.15) is 0 Å². The highest BCUT2D eigenvalue weighted by Gasteiger charge is 2.37. The lowest BCUT2D eigenvalue weighted by Gasteiger charge is -2.37. The van der Waals surface area contributed by atoms with Crippen molar-refractivity contribution in [1.82, 2.24) is 26.2 Å². The third-order valence-electron chi connectivity index (χ3n) is 10.8. The summed E-state index contributed by atoms with van der Waals surface area (Å²) in [6.07, 6.45) is 12.2. The Bertz CT molecular complexity index is 1890. The zero-order chi connectivity index (χ0) is 49.3. The van der Waals surface area contributed by atoms with Gasteiger partial charge in [0.1, 0.15) is 17.8 Å². The molecule has 1 fully saturated rings. The number of ketones is 2. The lowest BCUT2D eigenvalue weighted by atomic mass is 9.92. The minimum Gasteiger partial charge on any atom is -0.497 e. The van der Waals surface area contributed by atoms with Crippen LogP contribution < -0.4 is 26.0 Å². The van der Waals surface area contributed by atoms with Gasteiger partial charge in [-0.3, -0.25) is 33.6 Å². The van der Waals surface area contributed by atoms with Crippen molar-refractivity contribution in [1.29, 1.82) is 0 Å². The molecule has 4 N–H and O–H groups in total. The molecule has 13 nitrogen and oxygen atoms in total. The zero-order valence-corrected chi connectivity index (χ0v) is 41.3. The van der Waals surface area contributed by atoms with Crippen LogP contribution in [0.15, 0.2) is 78.9 Å². The van der Waals surface area contributed by atoms with Crippen LogP contribution in [0.5, 0.6) is 5.75 Å². The second kappa shape index (κ2) is 34.5. The van der Waals surface area contributed by atoms with Crippen molar-refractivity contribution in [2.24, 2.45) is 0 Å². The number of nitrogens with one attached hydrogen (secondary N) is 4. The summed E-state index contributed by atoms with van der Waals surface area (Å²) in [6, 6.07) is 20.7. The van der Waals surface area contributed by atoms with Crippen LogP contribution in [0.2, 0.25) is 0 Å². The summed E-state index contributed by atoms with van der Waals surface area (Å²) in [6.45, 7) is 14.3. The smallest absolute Gasteiger partial charge is 0.290 e. The maximum Gasteiger partial charge on any atom is 0.290 e. The van der Waals surface area contributed by atoms with Crippen molar-refractivity contribution in [3.05, 3.63) is 101 Å². The molecule has 0 radical (unpaired) electrons. The number of Topliss-reactive ketones (excluding diaryl/α,β-unsaturated/α-hetero) is 2. The summed E-state index contributed by atoms with van der Waals surface area (Å²) in [4.78, 5) is 92.6. The third kappa shape index (κ3) is 21.0. The Morgan fingerprint density at radius 2 is 1.29 bits per heavy atom. The average molecular weight is 914 g/mol. The molecule has 1 heterocycles. The summed E-state index contributed by atoms with van der Waals surface area (Å²) < 4.78 is 5.36. The van der Waals surface area contributed by atoms with Crippen molar-refractivity contribution < 1.29 is 38.3 Å². The van der Waals surface area contributed by atoms with Gasteiger partial charge >= 0.3 is 0 Å². The van der Waals surface area contributed by atoms with Crippen LogP contribution in [-0.4, -0.2) is 78.3 Å². The van der Waals surface area contributed by atoms with Crippen LogP contribution in [0.1, 0.15) is 154 Å². The topological polar surface area (TPSA) is 180 Å². The molecule has 3 aromatic carbocycles. The fourth-order valence-electron chi connectivity index (χ4n) is 7.38. The Kier molecular flexibility index (Phi) is 30.4. The van der Waals surface area contributed by atoms with Crippen LogP contribution in [0.4, 0.5) is 0 Å². The van der Waals surface area contributed by atoms with E-state index in [-0.39, 0.29) is 44.0 Å². The molecule has 364 valence electrons. The van der Waals surface area contributed by atoms with Gasteiger partial charge in [0.2, 0.25) is 29.4 Å². The summed E-state index contributed by atoms with van der Waals surface area (Å²) in [5.41, 5.74) is 3.34. The molecule has 3 aromatic rings. The van der Waals surface area contributed by atoms with Crippen LogP contribution in [0.25, 0.3) is 0 Å². The van der Waals surface area contributed by atoms with Crippen molar-refractivity contribution in [3.8, 4) is 5.75 Å². The molecule has 1 aliphatic carbocycles. The second-order valence-corrected chi connectivity index (χ2v) is 15.4. The van der Waals surface area contributed by atoms with Crippen LogP contribution >= 0.6 is 0 Å². The normalized spacial score (nSPS) is 14.3. The highest BCUT2D eigenvalue weighted by Crippen LogP contribution is 2.28. The number of ether oxygens (including phenoxy) is 1. The number of methoxy groups -OCH3 is 1. The summed E-state index contributed by atoms with van der Waals surface area (Å²) in [7, 11) is 1.53. The number of aryl methyl sites for hydroxylation is 1. The highest BCUT2D eigenvalue weighted by molar-refractivity contribution is 6.38. The summed E-state index contributed by atoms with van der Waals surface area (Å²) >= 11 is 0. The molecule has 3 atom stereocenters. The number of benzene rings is 3. The number of unbranched alkanes of at least 4 members (excludes halogenated alkanes) is 1. The number of rotatable bonds is 19. The number of carbonyl (C=O) groups excluding carboxylic acids is 7. The molecule has 0 bridgehead atoms. The van der Waals surface area contributed by atoms with Crippen LogP contribution in [0, 0.1) is 0 Å². The van der Waals surface area contributed by atoms with Gasteiger partial charge in [-0.25, -0.2) is 0 Å². The third-order valence-corrected chi connectivity index (χ3v) is 10.8. The Morgan fingerprint density at radius 1 is 0.697 bits per heavy atom. The summed E-state index contributed by atoms with van der Waals surface area (Å²) in [5.74, 6) is -3.84. The van der Waals surface area contributed by atoms with Gasteiger partial charge < -0.3 is 30.9 Å². The van der Waals surface area contributed by atoms with E-state index < -0.39 is 54.1 Å². The van der Waals surface area contributed by atoms with Crippen LogP contribution in [-0.2, 0) is 52.9 Å². The molecule has 3 unspecified atom stereocenters. The molecule has 2 aliphatic rings. The fraction of sp³-hybridized carbons (Fsp3) is 0.528. The maximum atomic E-state index is 13.9. The average Bonchev–Trinajstić information content (AvgIpc) is 3.37. The van der Waals surface area contributed by atoms with Crippen LogP contribution in [0.3, 0.4) is 0 Å².